The zero-order valence-corrected chi connectivity index (χ0v) is 39.9. The topological polar surface area (TPSA) is 534 Å². The van der Waals surface area contributed by atoms with E-state index >= 15 is 0 Å². The zero-order valence-electron chi connectivity index (χ0n) is 39.9. The summed E-state index contributed by atoms with van der Waals surface area (Å²) in [7, 11) is 0. The Hall–Kier alpha value is -1.36. The molecule has 21 fully saturated rings. The molecule has 0 aromatic heterocycles. The van der Waals surface area contributed by atoms with Gasteiger partial charge >= 0.3 is 0 Å². The van der Waals surface area contributed by atoms with Gasteiger partial charge in [-0.3, -0.25) is 0 Å². The van der Waals surface area contributed by atoms with E-state index in [9.17, 15) is 102 Å². The molecule has 442 valence electrons. The average Bonchev–Trinajstić information content (AvgIpc) is 3.42. The first kappa shape index (κ1) is 60.7. The Balaban J connectivity index is 1.07. The van der Waals surface area contributed by atoms with Crippen molar-refractivity contribution in [1.82, 2.24) is 0 Å². The van der Waals surface area contributed by atoms with Gasteiger partial charge in [-0.25, -0.2) is 0 Å². The van der Waals surface area contributed by atoms with Crippen LogP contribution in [0.15, 0.2) is 0 Å². The molecule has 20 N–H and O–H groups in total. The van der Waals surface area contributed by atoms with Crippen LogP contribution in [0.1, 0.15) is 6.42 Å². The molecule has 0 aromatic rings. The molecular formula is C42H70O34. The van der Waals surface area contributed by atoms with Crippen molar-refractivity contribution in [2.75, 3.05) is 46.2 Å². The van der Waals surface area contributed by atoms with E-state index in [1.807, 2.05) is 0 Å². The van der Waals surface area contributed by atoms with Gasteiger partial charge in [0.2, 0.25) is 0 Å². The summed E-state index contributed by atoms with van der Waals surface area (Å²) in [6.07, 6.45) is -65.6. The SMILES string of the molecule is OCC1OC2OC3C(CO)OC(OC4C(CO)OC(OC5C(CO)OC(OC6C(CO)OC(OC7C(CO)OC(O[C@H]8CC(O)C(OC1C(O)C2O)OC8CO)C(O)C7O)C(O)C6O)C(O)C5O)C(O)C4O)C(O)C3O. The lowest BCUT2D eigenvalue weighted by molar-refractivity contribution is -0.396. The van der Waals surface area contributed by atoms with Crippen molar-refractivity contribution in [3.05, 3.63) is 0 Å². The maximum absolute atomic E-state index is 11.3. The molecule has 76 heavy (non-hydrogen) atoms. The second kappa shape index (κ2) is 25.8. The fourth-order valence-electron chi connectivity index (χ4n) is 10.4. The summed E-state index contributed by atoms with van der Waals surface area (Å²) in [5, 5.41) is 219. The molecule has 0 amide bonds. The molecule has 21 saturated heterocycles. The lowest BCUT2D eigenvalue weighted by Gasteiger charge is -2.50. The van der Waals surface area contributed by atoms with Gasteiger partial charge in [0.05, 0.1) is 52.4 Å². The van der Waals surface area contributed by atoms with Gasteiger partial charge in [-0.1, -0.05) is 0 Å². The van der Waals surface area contributed by atoms with Gasteiger partial charge in [-0.2, -0.15) is 0 Å². The molecular weight excluding hydrogens is 1050 g/mol. The van der Waals surface area contributed by atoms with E-state index < -0.39 is 262 Å². The zero-order chi connectivity index (χ0) is 55.2. The summed E-state index contributed by atoms with van der Waals surface area (Å²) < 4.78 is 80.0. The van der Waals surface area contributed by atoms with Crippen LogP contribution >= 0.6 is 0 Å². The maximum Gasteiger partial charge on any atom is 0.187 e. The number of aliphatic hydroxyl groups excluding tert-OH is 20. The van der Waals surface area contributed by atoms with Crippen LogP contribution in [0, 0.1) is 0 Å². The lowest BCUT2D eigenvalue weighted by Crippen LogP contribution is -2.68. The highest BCUT2D eigenvalue weighted by atomic mass is 16.8. The predicted molar refractivity (Wildman–Crippen MR) is 227 cm³/mol. The Labute approximate surface area is 429 Å². The van der Waals surface area contributed by atoms with Gasteiger partial charge in [-0.15, -0.1) is 0 Å². The normalized spacial score (nSPS) is 54.9. The molecule has 0 aliphatic carbocycles. The van der Waals surface area contributed by atoms with Crippen LogP contribution < -0.4 is 0 Å². The van der Waals surface area contributed by atoms with Crippen molar-refractivity contribution in [3.63, 3.8) is 0 Å². The monoisotopic (exact) mass is 1120 g/mol. The van der Waals surface area contributed by atoms with E-state index in [2.05, 4.69) is 0 Å². The van der Waals surface area contributed by atoms with Crippen LogP contribution in [-0.4, -0.2) is 357 Å². The summed E-state index contributed by atoms with van der Waals surface area (Å²) in [5.74, 6) is 0. The van der Waals surface area contributed by atoms with E-state index in [1.165, 1.54) is 0 Å². The Bertz CT molecular complexity index is 1780. The number of hydrogen-bond donors (Lipinski definition) is 20. The molecule has 0 aromatic carbocycles. The van der Waals surface area contributed by atoms with Gasteiger partial charge in [0.15, 0.2) is 44.0 Å². The lowest BCUT2D eigenvalue weighted by atomic mass is 9.95. The van der Waals surface area contributed by atoms with Crippen molar-refractivity contribution < 1.29 is 168 Å². The highest BCUT2D eigenvalue weighted by Crippen LogP contribution is 2.38. The van der Waals surface area contributed by atoms with Crippen molar-refractivity contribution >= 4 is 0 Å². The van der Waals surface area contributed by atoms with Crippen LogP contribution in [-0.2, 0) is 66.3 Å². The molecule has 21 aliphatic rings. The van der Waals surface area contributed by atoms with Crippen molar-refractivity contribution in [3.8, 4) is 0 Å². The Morgan fingerprint density at radius 1 is 0.211 bits per heavy atom. The third-order valence-corrected chi connectivity index (χ3v) is 14.7. The second-order valence-electron chi connectivity index (χ2n) is 19.5. The van der Waals surface area contributed by atoms with Crippen LogP contribution in [0.2, 0.25) is 0 Å². The minimum Gasteiger partial charge on any atom is -0.394 e. The molecule has 14 bridgehead atoms. The number of ether oxygens (including phenoxy) is 14. The third kappa shape index (κ3) is 11.9. The standard InChI is InChI=1S/C42H70O34/c43-2-11-10-1-9(50)36(64-11)71-30-12(3-44)66-38(25(58)19(30)52)73-32-14(5-46)68-40(27(60)21(32)54)75-34-16(7-48)70-42(29(62)23(34)56)76-35-17(8-49)69-41(28(61)22(35)55)74-33-15(6-47)67-39(26(59)20(33)53)72-31-13(4-45)65-37(63-10)24(57)18(31)51/h9-62H,1-8H2/t9?,10-,11?,12?,13?,14?,15?,16?,17?,18?,19?,20?,21?,22?,23?,24?,25?,26?,27?,28?,29?,30?,31?,32?,33?,34?,35?,36?,37?,38?,39?,40?,41?,42?/m0/s1. The smallest absolute Gasteiger partial charge is 0.187 e. The number of hydrogen-bond acceptors (Lipinski definition) is 34. The summed E-state index contributed by atoms with van der Waals surface area (Å²) in [4.78, 5) is 0. The summed E-state index contributed by atoms with van der Waals surface area (Å²) >= 11 is 0. The second-order valence-corrected chi connectivity index (χ2v) is 19.5. The summed E-state index contributed by atoms with van der Waals surface area (Å²) in [6, 6.07) is 0. The molecule has 21 aliphatic heterocycles. The fraction of sp³-hybridized carbons (Fsp3) is 1.00. The van der Waals surface area contributed by atoms with Gasteiger partial charge in [0.25, 0.3) is 0 Å². The molecule has 0 spiro atoms. The van der Waals surface area contributed by atoms with Gasteiger partial charge in [-0.05, 0) is 0 Å². The first-order valence-corrected chi connectivity index (χ1v) is 24.5. The number of aliphatic hydroxyl groups is 20. The predicted octanol–water partition coefficient (Wildman–Crippen LogP) is -14.2. The molecule has 34 heteroatoms. The Morgan fingerprint density at radius 3 is 0.605 bits per heavy atom. The van der Waals surface area contributed by atoms with Crippen molar-refractivity contribution in [1.29, 1.82) is 0 Å². The quantitative estimate of drug-likeness (QED) is 0.113. The summed E-state index contributed by atoms with van der Waals surface area (Å²) in [5.41, 5.74) is 0. The van der Waals surface area contributed by atoms with Crippen LogP contribution in [0.25, 0.3) is 0 Å². The van der Waals surface area contributed by atoms with Crippen LogP contribution in [0.4, 0.5) is 0 Å². The maximum atomic E-state index is 11.3. The third-order valence-electron chi connectivity index (χ3n) is 14.7. The minimum atomic E-state index is -2.19. The van der Waals surface area contributed by atoms with Gasteiger partial charge in [0.1, 0.15) is 159 Å². The first-order chi connectivity index (χ1) is 36.2. The molecule has 21 heterocycles. The van der Waals surface area contributed by atoms with Gasteiger partial charge < -0.3 is 168 Å². The van der Waals surface area contributed by atoms with Gasteiger partial charge in [0, 0.05) is 6.42 Å². The molecule has 21 rings (SSSR count). The highest BCUT2D eigenvalue weighted by molar-refractivity contribution is 5.01. The number of rotatable bonds is 7. The summed E-state index contributed by atoms with van der Waals surface area (Å²) in [6.45, 7) is -6.95. The highest BCUT2D eigenvalue weighted by Gasteiger charge is 2.59. The fourth-order valence-corrected chi connectivity index (χ4v) is 10.4. The van der Waals surface area contributed by atoms with Crippen LogP contribution in [0.5, 0.6) is 0 Å². The Kier molecular flexibility index (Phi) is 20.6. The molecule has 0 radical (unpaired) electrons. The molecule has 33 unspecified atom stereocenters. The van der Waals surface area contributed by atoms with E-state index in [0.29, 0.717) is 0 Å². The van der Waals surface area contributed by atoms with E-state index in [4.69, 9.17) is 66.3 Å². The van der Waals surface area contributed by atoms with Crippen molar-refractivity contribution in [2.24, 2.45) is 0 Å². The van der Waals surface area contributed by atoms with E-state index in [1.54, 1.807) is 0 Å². The van der Waals surface area contributed by atoms with E-state index in [-0.39, 0.29) is 0 Å². The minimum absolute atomic E-state index is 0.504. The average molecular weight is 1120 g/mol. The first-order valence-electron chi connectivity index (χ1n) is 24.5. The molecule has 34 nitrogen and oxygen atoms in total. The van der Waals surface area contributed by atoms with Crippen molar-refractivity contribution in [2.45, 2.75) is 215 Å². The van der Waals surface area contributed by atoms with Crippen LogP contribution in [0.3, 0.4) is 0 Å². The van der Waals surface area contributed by atoms with E-state index in [0.717, 1.165) is 0 Å². The molecule has 34 atom stereocenters. The Morgan fingerprint density at radius 2 is 0.395 bits per heavy atom. The largest absolute Gasteiger partial charge is 0.394 e. The molecule has 0 saturated carbocycles.